The van der Waals surface area contributed by atoms with Crippen LogP contribution in [0.25, 0.3) is 11.1 Å². The number of aliphatic hydroxyl groups excluding tert-OH is 1. The minimum atomic E-state index is -0.585. The first-order valence-corrected chi connectivity index (χ1v) is 18.0. The molecule has 0 radical (unpaired) electrons. The summed E-state index contributed by atoms with van der Waals surface area (Å²) in [5.41, 5.74) is 3.23. The lowest BCUT2D eigenvalue weighted by molar-refractivity contribution is -0.164. The summed E-state index contributed by atoms with van der Waals surface area (Å²) in [6, 6.07) is 28.6. The second-order valence-electron chi connectivity index (χ2n) is 16.3. The predicted molar refractivity (Wildman–Crippen MR) is 186 cm³/mol. The van der Waals surface area contributed by atoms with E-state index in [2.05, 4.69) is 68.5 Å². The third kappa shape index (κ3) is 3.88. The van der Waals surface area contributed by atoms with Gasteiger partial charge in [-0.2, -0.15) is 0 Å². The first kappa shape index (κ1) is 30.1. The minimum Gasteiger partial charge on any atom is -0.440 e. The third-order valence-corrected chi connectivity index (χ3v) is 14.4. The Labute approximate surface area is 283 Å². The van der Waals surface area contributed by atoms with Crippen molar-refractivity contribution < 1.29 is 19.4 Å². The summed E-state index contributed by atoms with van der Waals surface area (Å²) in [5, 5.41) is 11.0. The van der Waals surface area contributed by atoms with E-state index in [4.69, 9.17) is 4.74 Å². The summed E-state index contributed by atoms with van der Waals surface area (Å²) in [6.45, 7) is 5.93. The highest BCUT2D eigenvalue weighted by Crippen LogP contribution is 2.79. The van der Waals surface area contributed by atoms with Crippen molar-refractivity contribution in [2.75, 3.05) is 6.54 Å². The highest BCUT2D eigenvalue weighted by Gasteiger charge is 2.76. The van der Waals surface area contributed by atoms with Crippen molar-refractivity contribution in [3.8, 4) is 11.1 Å². The number of carbonyl (C=O) groups is 2. The number of Topliss-reactive ketones (excluding diaryl/α,β-unsaturated/α-hetero) is 1. The Hall–Kier alpha value is -3.96. The van der Waals surface area contributed by atoms with Crippen LogP contribution in [0.15, 0.2) is 109 Å². The molecule has 5 heteroatoms. The van der Waals surface area contributed by atoms with Crippen molar-refractivity contribution in [3.63, 3.8) is 0 Å². The second-order valence-corrected chi connectivity index (χ2v) is 16.3. The van der Waals surface area contributed by atoms with Gasteiger partial charge in [0.25, 0.3) is 0 Å². The average Bonchev–Trinajstić information content (AvgIpc) is 3.59. The maximum absolute atomic E-state index is 15.0. The van der Waals surface area contributed by atoms with E-state index < -0.39 is 11.0 Å². The number of hydrogen-bond donors (Lipinski definition) is 1. The molecule has 1 N–H and O–H groups in total. The highest BCUT2D eigenvalue weighted by molar-refractivity contribution is 6.10. The summed E-state index contributed by atoms with van der Waals surface area (Å²) in [4.78, 5) is 30.5. The van der Waals surface area contributed by atoms with Crippen molar-refractivity contribution >= 4 is 11.9 Å². The monoisotopic (exact) mass is 639 g/mol. The molecule has 0 unspecified atom stereocenters. The number of fused-ring (bicyclic) bond motifs is 2. The van der Waals surface area contributed by atoms with Crippen LogP contribution in [-0.2, 0) is 11.3 Å². The Morgan fingerprint density at radius 1 is 0.812 bits per heavy atom. The highest BCUT2D eigenvalue weighted by atomic mass is 16.6. The van der Waals surface area contributed by atoms with Crippen LogP contribution in [0.4, 0.5) is 4.79 Å². The fourth-order valence-electron chi connectivity index (χ4n) is 11.9. The molecule has 0 aromatic heterocycles. The van der Waals surface area contributed by atoms with Gasteiger partial charge in [-0.1, -0.05) is 117 Å². The van der Waals surface area contributed by atoms with Gasteiger partial charge in [-0.15, -0.1) is 0 Å². The van der Waals surface area contributed by atoms with Crippen molar-refractivity contribution in [3.05, 3.63) is 120 Å². The van der Waals surface area contributed by atoms with Crippen LogP contribution in [0, 0.1) is 33.5 Å². The molecule has 246 valence electrons. The zero-order chi connectivity index (χ0) is 32.9. The van der Waals surface area contributed by atoms with Gasteiger partial charge in [0.2, 0.25) is 0 Å². The molecule has 1 aliphatic heterocycles. The molecule has 3 aromatic carbocycles. The van der Waals surface area contributed by atoms with Crippen LogP contribution in [0.3, 0.4) is 0 Å². The summed E-state index contributed by atoms with van der Waals surface area (Å²) in [6.07, 6.45) is 12.6. The number of allylic oxidation sites excluding steroid dienone is 4. The Bertz CT molecular complexity index is 1850. The molecule has 3 aromatic rings. The number of aliphatic hydroxyl groups is 1. The summed E-state index contributed by atoms with van der Waals surface area (Å²) in [5.74, 6) is 0.538. The largest absolute Gasteiger partial charge is 0.440 e. The van der Waals surface area contributed by atoms with Gasteiger partial charge >= 0.3 is 6.09 Å². The Morgan fingerprint density at radius 2 is 1.46 bits per heavy atom. The third-order valence-electron chi connectivity index (χ3n) is 14.4. The lowest BCUT2D eigenvalue weighted by atomic mass is 9.32. The van der Waals surface area contributed by atoms with Crippen LogP contribution in [0.1, 0.15) is 74.7 Å². The number of nitrogens with zero attached hydrogens (tertiary/aromatic N) is 1. The fraction of sp³-hybridized carbons (Fsp3) is 0.442. The maximum Gasteiger partial charge on any atom is 0.410 e. The number of benzene rings is 3. The lowest BCUT2D eigenvalue weighted by Gasteiger charge is -2.71. The molecule has 1 heterocycles. The first-order valence-electron chi connectivity index (χ1n) is 18.0. The van der Waals surface area contributed by atoms with E-state index in [9.17, 15) is 14.7 Å². The van der Waals surface area contributed by atoms with Crippen LogP contribution in [-0.4, -0.2) is 40.1 Å². The molecule has 8 atom stereocenters. The van der Waals surface area contributed by atoms with Gasteiger partial charge in [-0.05, 0) is 78.9 Å². The van der Waals surface area contributed by atoms with E-state index in [1.54, 1.807) is 0 Å². The van der Waals surface area contributed by atoms with E-state index >= 15 is 0 Å². The molecule has 7 aliphatic rings. The zero-order valence-corrected chi connectivity index (χ0v) is 28.0. The minimum absolute atomic E-state index is 0.0509. The number of hydrogen-bond acceptors (Lipinski definition) is 4. The van der Waals surface area contributed by atoms with Crippen molar-refractivity contribution in [1.82, 2.24) is 4.90 Å². The van der Waals surface area contributed by atoms with E-state index in [0.29, 0.717) is 25.1 Å². The SMILES string of the molecule is C[C@]12CC[C@H]3[C@]4(C=C[C@@]5(C=C4C(=O)c4ccc(-c6ccccc6)cc4)C[C@@H](O)CC[C@]35C)[C@@H]1CC[C@@]21CN(Cc2ccccc2)C(=O)O1. The zero-order valence-electron chi connectivity index (χ0n) is 28.0. The van der Waals surface area contributed by atoms with Crippen molar-refractivity contribution in [2.24, 2.45) is 33.5 Å². The second kappa shape index (κ2) is 10.3. The predicted octanol–water partition coefficient (Wildman–Crippen LogP) is 8.79. The number of amides is 1. The van der Waals surface area contributed by atoms with E-state index in [1.165, 1.54) is 0 Å². The Morgan fingerprint density at radius 3 is 2.21 bits per heavy atom. The van der Waals surface area contributed by atoms with Crippen molar-refractivity contribution in [1.29, 1.82) is 0 Å². The van der Waals surface area contributed by atoms with Gasteiger partial charge in [0.15, 0.2) is 5.78 Å². The smallest absolute Gasteiger partial charge is 0.410 e. The fourth-order valence-corrected chi connectivity index (χ4v) is 11.9. The molecule has 3 saturated carbocycles. The molecule has 1 amide bonds. The quantitative estimate of drug-likeness (QED) is 0.224. The van der Waals surface area contributed by atoms with E-state index in [0.717, 1.165) is 60.8 Å². The number of rotatable bonds is 5. The van der Waals surface area contributed by atoms with Crippen LogP contribution in [0.2, 0.25) is 0 Å². The van der Waals surface area contributed by atoms with Crippen LogP contribution in [0.5, 0.6) is 0 Å². The summed E-state index contributed by atoms with van der Waals surface area (Å²) >= 11 is 0. The summed E-state index contributed by atoms with van der Waals surface area (Å²) < 4.78 is 6.55. The number of ether oxygens (including phenoxy) is 1. The molecule has 1 saturated heterocycles. The molecule has 3 spiro atoms. The standard InChI is InChI=1S/C43H45NO4/c1-39-20-17-33(45)25-41(39)23-24-43(34(26-41)37(46)32-15-13-31(14-16-32)30-11-7-4-8-12-30)35(39)18-21-40(2)36(43)19-22-42(40)28-44(38(47)48-42)27-29-9-5-3-6-10-29/h3-16,23-24,26,33,35-36,45H,17-22,25,27-28H2,1-2H3/t33-,35+,36+,39+,40-,41-,42+,43+/m0/s1. The molecule has 48 heavy (non-hydrogen) atoms. The Kier molecular flexibility index (Phi) is 6.45. The first-order chi connectivity index (χ1) is 23.1. The summed E-state index contributed by atoms with van der Waals surface area (Å²) in [7, 11) is 0. The topological polar surface area (TPSA) is 66.8 Å². The Balaban J connectivity index is 1.12. The molecular formula is C43H45NO4. The van der Waals surface area contributed by atoms with Gasteiger partial charge in [-0.25, -0.2) is 4.79 Å². The van der Waals surface area contributed by atoms with E-state index in [1.807, 2.05) is 53.4 Å². The van der Waals surface area contributed by atoms with Gasteiger partial charge in [0, 0.05) is 33.9 Å². The van der Waals surface area contributed by atoms with Crippen LogP contribution < -0.4 is 0 Å². The lowest BCUT2D eigenvalue weighted by Crippen LogP contribution is -2.67. The van der Waals surface area contributed by atoms with Gasteiger partial charge in [-0.3, -0.25) is 9.69 Å². The van der Waals surface area contributed by atoms with Gasteiger partial charge in [0.05, 0.1) is 12.6 Å². The molecule has 10 rings (SSSR count). The normalized spacial score (nSPS) is 39.1. The molecule has 5 nitrogen and oxygen atoms in total. The molecule has 4 fully saturated rings. The molecule has 2 bridgehead atoms. The number of ketones is 1. The molecular weight excluding hydrogens is 594 g/mol. The average molecular weight is 640 g/mol. The van der Waals surface area contributed by atoms with Crippen molar-refractivity contribution in [2.45, 2.75) is 77.0 Å². The maximum atomic E-state index is 15.0. The van der Waals surface area contributed by atoms with E-state index in [-0.39, 0.29) is 46.1 Å². The van der Waals surface area contributed by atoms with Gasteiger partial charge in [0.1, 0.15) is 5.60 Å². The molecule has 6 aliphatic carbocycles. The number of carbonyl (C=O) groups excluding carboxylic acids is 2. The van der Waals surface area contributed by atoms with Crippen LogP contribution >= 0.6 is 0 Å². The van der Waals surface area contributed by atoms with Gasteiger partial charge < -0.3 is 9.84 Å².